The summed E-state index contributed by atoms with van der Waals surface area (Å²) in [6.45, 7) is 1.28. The van der Waals surface area contributed by atoms with Crippen LogP contribution in [0.2, 0.25) is 0 Å². The van der Waals surface area contributed by atoms with E-state index in [0.717, 1.165) is 0 Å². The first-order chi connectivity index (χ1) is 8.19. The molecule has 1 N–H and O–H groups in total. The Labute approximate surface area is 100.0 Å². The van der Waals surface area contributed by atoms with Gasteiger partial charge in [-0.05, 0) is 43.6 Å². The molecule has 0 bridgehead atoms. The number of ether oxygens (including phenoxy) is 1. The van der Waals surface area contributed by atoms with E-state index in [1.165, 1.54) is 0 Å². The second-order valence-corrected chi connectivity index (χ2v) is 4.44. The Morgan fingerprint density at radius 1 is 1.29 bits per heavy atom. The van der Waals surface area contributed by atoms with Crippen LogP contribution in [-0.2, 0) is 5.41 Å². The highest BCUT2D eigenvalue weighted by molar-refractivity contribution is 5.35. The van der Waals surface area contributed by atoms with Gasteiger partial charge < -0.3 is 10.1 Å². The normalized spacial score (nSPS) is 19.3. The number of halogens is 2. The van der Waals surface area contributed by atoms with Crippen molar-refractivity contribution < 1.29 is 13.5 Å². The van der Waals surface area contributed by atoms with E-state index in [9.17, 15) is 8.78 Å². The number of alkyl halides is 2. The fourth-order valence-corrected chi connectivity index (χ4v) is 2.44. The molecule has 0 aliphatic carbocycles. The van der Waals surface area contributed by atoms with Crippen LogP contribution in [0.3, 0.4) is 0 Å². The van der Waals surface area contributed by atoms with E-state index in [4.69, 9.17) is 4.74 Å². The monoisotopic (exact) mass is 241 g/mol. The summed E-state index contributed by atoms with van der Waals surface area (Å²) in [6, 6.07) is 7.07. The standard InChI is InChI=1S/C13H17F2NO/c1-17-11-4-2-3-10(9-11)13(12(14)15)5-7-16-8-6-13/h2-4,9,12,16H,5-8H2,1H3. The maximum Gasteiger partial charge on any atom is 0.248 e. The summed E-state index contributed by atoms with van der Waals surface area (Å²) in [4.78, 5) is 0. The van der Waals surface area contributed by atoms with Gasteiger partial charge in [0.1, 0.15) is 5.75 Å². The summed E-state index contributed by atoms with van der Waals surface area (Å²) in [5, 5.41) is 3.13. The van der Waals surface area contributed by atoms with Crippen LogP contribution in [-0.4, -0.2) is 26.6 Å². The van der Waals surface area contributed by atoms with Crippen LogP contribution < -0.4 is 10.1 Å². The molecule has 4 heteroatoms. The van der Waals surface area contributed by atoms with Gasteiger partial charge in [0.15, 0.2) is 0 Å². The molecule has 2 nitrogen and oxygen atoms in total. The smallest absolute Gasteiger partial charge is 0.248 e. The number of nitrogens with one attached hydrogen (secondary N) is 1. The Kier molecular flexibility index (Phi) is 3.62. The summed E-state index contributed by atoms with van der Waals surface area (Å²) in [5.41, 5.74) is -0.326. The van der Waals surface area contributed by atoms with Gasteiger partial charge in [-0.25, -0.2) is 8.78 Å². The molecule has 0 amide bonds. The largest absolute Gasteiger partial charge is 0.497 e. The predicted octanol–water partition coefficient (Wildman–Crippen LogP) is 2.58. The zero-order valence-electron chi connectivity index (χ0n) is 9.88. The first-order valence-corrected chi connectivity index (χ1v) is 5.82. The zero-order valence-corrected chi connectivity index (χ0v) is 9.88. The lowest BCUT2D eigenvalue weighted by Crippen LogP contribution is -2.44. The molecule has 1 aromatic carbocycles. The van der Waals surface area contributed by atoms with Crippen LogP contribution >= 0.6 is 0 Å². The van der Waals surface area contributed by atoms with Crippen molar-refractivity contribution in [3.8, 4) is 5.75 Å². The van der Waals surface area contributed by atoms with Crippen LogP contribution in [0.4, 0.5) is 8.78 Å². The SMILES string of the molecule is COc1cccc(C2(C(F)F)CCNCC2)c1. The van der Waals surface area contributed by atoms with Gasteiger partial charge in [-0.3, -0.25) is 0 Å². The van der Waals surface area contributed by atoms with Crippen LogP contribution in [0.1, 0.15) is 18.4 Å². The van der Waals surface area contributed by atoms with Crippen LogP contribution in [0, 0.1) is 0 Å². The number of rotatable bonds is 3. The molecule has 0 atom stereocenters. The predicted molar refractivity (Wildman–Crippen MR) is 62.8 cm³/mol. The van der Waals surface area contributed by atoms with E-state index in [0.29, 0.717) is 37.2 Å². The van der Waals surface area contributed by atoms with Crippen LogP contribution in [0.5, 0.6) is 5.75 Å². The molecule has 0 saturated carbocycles. The molecule has 17 heavy (non-hydrogen) atoms. The van der Waals surface area contributed by atoms with E-state index in [-0.39, 0.29) is 0 Å². The van der Waals surface area contributed by atoms with Gasteiger partial charge in [-0.2, -0.15) is 0 Å². The van der Waals surface area contributed by atoms with Gasteiger partial charge in [-0.15, -0.1) is 0 Å². The summed E-state index contributed by atoms with van der Waals surface area (Å²) < 4.78 is 32.0. The topological polar surface area (TPSA) is 21.3 Å². The molecule has 1 aliphatic rings. The van der Waals surface area contributed by atoms with Crippen molar-refractivity contribution in [2.75, 3.05) is 20.2 Å². The van der Waals surface area contributed by atoms with Gasteiger partial charge in [-0.1, -0.05) is 12.1 Å². The van der Waals surface area contributed by atoms with Crippen molar-refractivity contribution in [2.24, 2.45) is 0 Å². The van der Waals surface area contributed by atoms with Gasteiger partial charge in [0.05, 0.1) is 12.5 Å². The van der Waals surface area contributed by atoms with Gasteiger partial charge in [0.2, 0.25) is 6.43 Å². The molecule has 0 unspecified atom stereocenters. The van der Waals surface area contributed by atoms with Crippen molar-refractivity contribution >= 4 is 0 Å². The molecule has 1 heterocycles. The van der Waals surface area contributed by atoms with E-state index in [2.05, 4.69) is 5.32 Å². The van der Waals surface area contributed by atoms with E-state index in [1.54, 1.807) is 31.4 Å². The van der Waals surface area contributed by atoms with Crippen LogP contribution in [0.25, 0.3) is 0 Å². The highest BCUT2D eigenvalue weighted by Gasteiger charge is 2.42. The zero-order chi connectivity index (χ0) is 12.3. The molecule has 0 aromatic heterocycles. The first-order valence-electron chi connectivity index (χ1n) is 5.82. The van der Waals surface area contributed by atoms with Gasteiger partial charge >= 0.3 is 0 Å². The number of methoxy groups -OCH3 is 1. The molecule has 94 valence electrons. The minimum absolute atomic E-state index is 0.470. The van der Waals surface area contributed by atoms with Crippen molar-refractivity contribution in [1.29, 1.82) is 0 Å². The minimum atomic E-state index is -2.34. The Morgan fingerprint density at radius 3 is 2.59 bits per heavy atom. The molecule has 0 spiro atoms. The third kappa shape index (κ3) is 2.27. The van der Waals surface area contributed by atoms with Crippen molar-refractivity contribution in [2.45, 2.75) is 24.7 Å². The summed E-state index contributed by atoms with van der Waals surface area (Å²) in [6.07, 6.45) is -1.40. The average molecular weight is 241 g/mol. The lowest BCUT2D eigenvalue weighted by Gasteiger charge is -2.37. The second kappa shape index (κ2) is 5.00. The van der Waals surface area contributed by atoms with Gasteiger partial charge in [0, 0.05) is 0 Å². The Bertz CT molecular complexity index is 375. The quantitative estimate of drug-likeness (QED) is 0.878. The third-order valence-electron chi connectivity index (χ3n) is 3.56. The number of hydrogen-bond donors (Lipinski definition) is 1. The first kappa shape index (κ1) is 12.3. The Hall–Kier alpha value is -1.16. The Morgan fingerprint density at radius 2 is 2.00 bits per heavy atom. The lowest BCUT2D eigenvalue weighted by atomic mass is 9.73. The molecule has 1 aromatic rings. The minimum Gasteiger partial charge on any atom is -0.497 e. The molecular weight excluding hydrogens is 224 g/mol. The fourth-order valence-electron chi connectivity index (χ4n) is 2.44. The lowest BCUT2D eigenvalue weighted by molar-refractivity contribution is 0.0295. The highest BCUT2D eigenvalue weighted by atomic mass is 19.3. The summed E-state index contributed by atoms with van der Waals surface area (Å²) >= 11 is 0. The highest BCUT2D eigenvalue weighted by Crippen LogP contribution is 2.40. The second-order valence-electron chi connectivity index (χ2n) is 4.44. The maximum atomic E-state index is 13.4. The molecular formula is C13H17F2NO. The van der Waals surface area contributed by atoms with E-state index in [1.807, 2.05) is 0 Å². The molecule has 2 rings (SSSR count). The summed E-state index contributed by atoms with van der Waals surface area (Å²) in [5.74, 6) is 0.640. The Balaban J connectivity index is 2.37. The molecule has 1 saturated heterocycles. The third-order valence-corrected chi connectivity index (χ3v) is 3.56. The number of benzene rings is 1. The van der Waals surface area contributed by atoms with Crippen molar-refractivity contribution in [1.82, 2.24) is 5.32 Å². The van der Waals surface area contributed by atoms with Crippen molar-refractivity contribution in [3.63, 3.8) is 0 Å². The van der Waals surface area contributed by atoms with E-state index < -0.39 is 11.8 Å². The van der Waals surface area contributed by atoms with E-state index >= 15 is 0 Å². The maximum absolute atomic E-state index is 13.4. The average Bonchev–Trinajstić information content (AvgIpc) is 2.39. The molecule has 1 fully saturated rings. The fraction of sp³-hybridized carbons (Fsp3) is 0.538. The van der Waals surface area contributed by atoms with Crippen molar-refractivity contribution in [3.05, 3.63) is 29.8 Å². The van der Waals surface area contributed by atoms with Crippen LogP contribution in [0.15, 0.2) is 24.3 Å². The number of hydrogen-bond acceptors (Lipinski definition) is 2. The molecule has 0 radical (unpaired) electrons. The van der Waals surface area contributed by atoms with Gasteiger partial charge in [0.25, 0.3) is 0 Å². The summed E-state index contributed by atoms with van der Waals surface area (Å²) in [7, 11) is 1.55. The number of piperidine rings is 1. The molecule has 1 aliphatic heterocycles.